The van der Waals surface area contributed by atoms with E-state index in [1.54, 1.807) is 6.07 Å². The predicted octanol–water partition coefficient (Wildman–Crippen LogP) is 2.57. The van der Waals surface area contributed by atoms with E-state index in [9.17, 15) is 9.59 Å². The number of aromatic nitrogens is 2. The maximum atomic E-state index is 12.1. The monoisotopic (exact) mass is 363 g/mol. The van der Waals surface area contributed by atoms with Crippen molar-refractivity contribution in [2.45, 2.75) is 13.8 Å². The fraction of sp³-hybridized carbons (Fsp3) is 0.150. The molecule has 2 amide bonds. The molecule has 4 N–H and O–H groups in total. The Morgan fingerprint density at radius 3 is 2.52 bits per heavy atom. The zero-order valence-electron chi connectivity index (χ0n) is 15.2. The number of anilines is 1. The highest BCUT2D eigenvalue weighted by Crippen LogP contribution is 2.17. The largest absolute Gasteiger partial charge is 0.376 e. The molecule has 0 unspecified atom stereocenters. The van der Waals surface area contributed by atoms with Crippen LogP contribution in [0.1, 0.15) is 21.6 Å². The molecule has 0 aliphatic carbocycles. The lowest BCUT2D eigenvalue weighted by Crippen LogP contribution is -2.44. The van der Waals surface area contributed by atoms with Gasteiger partial charge in [-0.3, -0.25) is 25.5 Å². The summed E-state index contributed by atoms with van der Waals surface area (Å²) in [4.78, 5) is 24.1. The van der Waals surface area contributed by atoms with Gasteiger partial charge in [0.25, 0.3) is 11.8 Å². The van der Waals surface area contributed by atoms with Crippen molar-refractivity contribution in [1.82, 2.24) is 21.0 Å². The van der Waals surface area contributed by atoms with E-state index in [2.05, 4.69) is 26.4 Å². The summed E-state index contributed by atoms with van der Waals surface area (Å²) in [7, 11) is 0. The number of benzene rings is 2. The van der Waals surface area contributed by atoms with Crippen molar-refractivity contribution in [3.8, 4) is 11.3 Å². The topological polar surface area (TPSA) is 98.9 Å². The second-order valence-electron chi connectivity index (χ2n) is 6.21. The second-order valence-corrected chi connectivity index (χ2v) is 6.21. The SMILES string of the molecule is Cc1ccc(NCC(=O)NNC(=O)c2cc(-c3ccccc3)n[nH]2)c(C)c1. The Kier molecular flexibility index (Phi) is 5.51. The number of H-pyrrole nitrogens is 1. The van der Waals surface area contributed by atoms with Gasteiger partial charge in [-0.25, -0.2) is 0 Å². The number of aryl methyl sites for hydroxylation is 2. The number of rotatable bonds is 5. The molecule has 3 aromatic rings. The van der Waals surface area contributed by atoms with Crippen molar-refractivity contribution in [2.24, 2.45) is 0 Å². The van der Waals surface area contributed by atoms with E-state index >= 15 is 0 Å². The quantitative estimate of drug-likeness (QED) is 0.524. The van der Waals surface area contributed by atoms with Gasteiger partial charge in [0.15, 0.2) is 0 Å². The van der Waals surface area contributed by atoms with E-state index in [1.165, 1.54) is 0 Å². The minimum atomic E-state index is -0.468. The minimum absolute atomic E-state index is 0.0441. The summed E-state index contributed by atoms with van der Waals surface area (Å²) in [6.07, 6.45) is 0. The minimum Gasteiger partial charge on any atom is -0.376 e. The molecule has 0 spiro atoms. The summed E-state index contributed by atoms with van der Waals surface area (Å²) < 4.78 is 0. The Labute approximate surface area is 157 Å². The third-order valence-electron chi connectivity index (χ3n) is 4.03. The zero-order valence-corrected chi connectivity index (χ0v) is 15.2. The Bertz CT molecular complexity index is 950. The van der Waals surface area contributed by atoms with Crippen molar-refractivity contribution < 1.29 is 9.59 Å². The summed E-state index contributed by atoms with van der Waals surface area (Å²) in [5, 5.41) is 9.83. The van der Waals surface area contributed by atoms with Gasteiger partial charge in [0.1, 0.15) is 5.69 Å². The molecule has 0 saturated heterocycles. The van der Waals surface area contributed by atoms with Gasteiger partial charge in [0, 0.05) is 11.3 Å². The van der Waals surface area contributed by atoms with E-state index in [4.69, 9.17) is 0 Å². The maximum absolute atomic E-state index is 12.1. The number of hydrazine groups is 1. The van der Waals surface area contributed by atoms with Crippen molar-refractivity contribution in [3.05, 3.63) is 71.4 Å². The summed E-state index contributed by atoms with van der Waals surface area (Å²) in [6.45, 7) is 4.03. The first-order chi connectivity index (χ1) is 13.0. The molecule has 1 aromatic heterocycles. The third-order valence-corrected chi connectivity index (χ3v) is 4.03. The molecule has 0 fully saturated rings. The number of amides is 2. The predicted molar refractivity (Wildman–Crippen MR) is 104 cm³/mol. The summed E-state index contributed by atoms with van der Waals surface area (Å²) in [5.41, 5.74) is 9.66. The average molecular weight is 363 g/mol. The van der Waals surface area contributed by atoms with E-state index in [-0.39, 0.29) is 18.1 Å². The number of nitrogens with one attached hydrogen (secondary N) is 4. The van der Waals surface area contributed by atoms with E-state index < -0.39 is 5.91 Å². The highest BCUT2D eigenvalue weighted by atomic mass is 16.2. The molecule has 138 valence electrons. The van der Waals surface area contributed by atoms with Crippen LogP contribution in [0.15, 0.2) is 54.6 Å². The Hall–Kier alpha value is -3.61. The standard InChI is InChI=1S/C20H21N5O2/c1-13-8-9-16(14(2)10-13)21-12-19(26)24-25-20(27)18-11-17(22-23-18)15-6-4-3-5-7-15/h3-11,21H,12H2,1-2H3,(H,22,23)(H,24,26)(H,25,27). The molecule has 7 heteroatoms. The Morgan fingerprint density at radius 2 is 1.78 bits per heavy atom. The van der Waals surface area contributed by atoms with Gasteiger partial charge in [-0.2, -0.15) is 5.10 Å². The van der Waals surface area contributed by atoms with Gasteiger partial charge in [0.05, 0.1) is 12.2 Å². The average Bonchev–Trinajstić information content (AvgIpc) is 3.16. The van der Waals surface area contributed by atoms with Crippen LogP contribution in [0.3, 0.4) is 0 Å². The zero-order chi connectivity index (χ0) is 19.2. The first-order valence-corrected chi connectivity index (χ1v) is 8.54. The molecular formula is C20H21N5O2. The van der Waals surface area contributed by atoms with Crippen LogP contribution in [0.2, 0.25) is 0 Å². The fourth-order valence-electron chi connectivity index (χ4n) is 2.62. The molecule has 7 nitrogen and oxygen atoms in total. The Balaban J connectivity index is 1.50. The normalized spacial score (nSPS) is 10.3. The third kappa shape index (κ3) is 4.72. The van der Waals surface area contributed by atoms with Gasteiger partial charge in [0.2, 0.25) is 0 Å². The molecule has 0 atom stereocenters. The van der Waals surface area contributed by atoms with Gasteiger partial charge < -0.3 is 5.32 Å². The van der Waals surface area contributed by atoms with Gasteiger partial charge in [-0.05, 0) is 31.5 Å². The van der Waals surface area contributed by atoms with E-state index in [0.29, 0.717) is 5.69 Å². The number of carbonyl (C=O) groups excluding carboxylic acids is 2. The molecule has 0 saturated carbocycles. The summed E-state index contributed by atoms with van der Waals surface area (Å²) in [6, 6.07) is 17.1. The van der Waals surface area contributed by atoms with Crippen LogP contribution >= 0.6 is 0 Å². The van der Waals surface area contributed by atoms with Crippen LogP contribution in [-0.4, -0.2) is 28.6 Å². The molecule has 2 aromatic carbocycles. The van der Waals surface area contributed by atoms with Crippen molar-refractivity contribution in [3.63, 3.8) is 0 Å². The maximum Gasteiger partial charge on any atom is 0.287 e. The molecule has 27 heavy (non-hydrogen) atoms. The van der Waals surface area contributed by atoms with Crippen LogP contribution in [0.5, 0.6) is 0 Å². The van der Waals surface area contributed by atoms with Crippen LogP contribution < -0.4 is 16.2 Å². The number of nitrogens with zero attached hydrogens (tertiary/aromatic N) is 1. The van der Waals surface area contributed by atoms with E-state index in [1.807, 2.05) is 62.4 Å². The van der Waals surface area contributed by atoms with Crippen LogP contribution in [0.25, 0.3) is 11.3 Å². The smallest absolute Gasteiger partial charge is 0.287 e. The molecule has 0 aliphatic rings. The van der Waals surface area contributed by atoms with Crippen LogP contribution in [0.4, 0.5) is 5.69 Å². The molecule has 0 bridgehead atoms. The second kappa shape index (κ2) is 8.18. The molecular weight excluding hydrogens is 342 g/mol. The lowest BCUT2D eigenvalue weighted by atomic mass is 10.1. The summed E-state index contributed by atoms with van der Waals surface area (Å²) >= 11 is 0. The number of aromatic amines is 1. The van der Waals surface area contributed by atoms with Crippen LogP contribution in [-0.2, 0) is 4.79 Å². The molecule has 3 rings (SSSR count). The summed E-state index contributed by atoms with van der Waals surface area (Å²) in [5.74, 6) is -0.823. The van der Waals surface area contributed by atoms with Gasteiger partial charge in [-0.15, -0.1) is 0 Å². The fourth-order valence-corrected chi connectivity index (χ4v) is 2.62. The molecule has 0 radical (unpaired) electrons. The molecule has 1 heterocycles. The highest BCUT2D eigenvalue weighted by molar-refractivity contribution is 5.95. The van der Waals surface area contributed by atoms with Gasteiger partial charge >= 0.3 is 0 Å². The van der Waals surface area contributed by atoms with Crippen molar-refractivity contribution in [2.75, 3.05) is 11.9 Å². The van der Waals surface area contributed by atoms with Crippen molar-refractivity contribution >= 4 is 17.5 Å². The van der Waals surface area contributed by atoms with Crippen LogP contribution in [0, 0.1) is 13.8 Å². The van der Waals surface area contributed by atoms with Gasteiger partial charge in [-0.1, -0.05) is 48.0 Å². The first kappa shape index (κ1) is 18.2. The van der Waals surface area contributed by atoms with E-state index in [0.717, 1.165) is 22.4 Å². The first-order valence-electron chi connectivity index (χ1n) is 8.54. The lowest BCUT2D eigenvalue weighted by Gasteiger charge is -2.11. The number of carbonyl (C=O) groups is 2. The Morgan fingerprint density at radius 1 is 1.00 bits per heavy atom. The highest BCUT2D eigenvalue weighted by Gasteiger charge is 2.12. The number of hydrogen-bond donors (Lipinski definition) is 4. The number of hydrogen-bond acceptors (Lipinski definition) is 4. The molecule has 0 aliphatic heterocycles. The lowest BCUT2D eigenvalue weighted by molar-refractivity contribution is -0.120. The van der Waals surface area contributed by atoms with Crippen molar-refractivity contribution in [1.29, 1.82) is 0 Å².